The van der Waals surface area contributed by atoms with Gasteiger partial charge in [0.1, 0.15) is 6.07 Å². The van der Waals surface area contributed by atoms with Crippen LogP contribution in [0.4, 0.5) is 0 Å². The molecule has 0 amide bonds. The lowest BCUT2D eigenvalue weighted by molar-refractivity contribution is 1.05. The number of allylic oxidation sites excluding steroid dienone is 3. The van der Waals surface area contributed by atoms with Gasteiger partial charge in [0.2, 0.25) is 0 Å². The molecule has 0 aromatic heterocycles. The van der Waals surface area contributed by atoms with Crippen molar-refractivity contribution in [2.24, 2.45) is 0 Å². The fourth-order valence-corrected chi connectivity index (χ4v) is 1.43. The van der Waals surface area contributed by atoms with Gasteiger partial charge in [-0.25, -0.2) is 0 Å². The number of nitrogens with one attached hydrogen (secondary N) is 1. The maximum absolute atomic E-state index is 8.78. The van der Waals surface area contributed by atoms with Gasteiger partial charge in [-0.05, 0) is 12.5 Å². The molecule has 1 aliphatic carbocycles. The second-order valence-corrected chi connectivity index (χ2v) is 3.09. The molecule has 0 spiro atoms. The lowest BCUT2D eigenvalue weighted by Crippen LogP contribution is -2.15. The minimum Gasteiger partial charge on any atom is -0.293 e. The van der Waals surface area contributed by atoms with Crippen molar-refractivity contribution in [1.29, 1.82) is 10.5 Å². The summed E-state index contributed by atoms with van der Waals surface area (Å²) in [6.07, 6.45) is 4.20. The summed E-state index contributed by atoms with van der Waals surface area (Å²) in [5, 5.41) is 19.7. The Morgan fingerprint density at radius 2 is 2.23 bits per heavy atom. The van der Waals surface area contributed by atoms with Crippen molar-refractivity contribution in [1.82, 2.24) is 5.32 Å². The number of nitrogens with zero attached hydrogens (tertiary/aromatic N) is 2. The Morgan fingerprint density at radius 1 is 1.54 bits per heavy atom. The molecule has 0 aromatic rings. The van der Waals surface area contributed by atoms with Gasteiger partial charge in [-0.3, -0.25) is 5.32 Å². The van der Waals surface area contributed by atoms with E-state index in [4.69, 9.17) is 22.7 Å². The first-order valence-electron chi connectivity index (χ1n) is 3.70. The molecular formula is C9H7N3S. The van der Waals surface area contributed by atoms with Crippen LogP contribution in [-0.4, -0.2) is 4.86 Å². The Labute approximate surface area is 82.0 Å². The highest BCUT2D eigenvalue weighted by Crippen LogP contribution is 2.20. The quantitative estimate of drug-likeness (QED) is 0.386. The highest BCUT2D eigenvalue weighted by molar-refractivity contribution is 7.80. The van der Waals surface area contributed by atoms with Crippen LogP contribution >= 0.6 is 12.2 Å². The van der Waals surface area contributed by atoms with E-state index < -0.39 is 0 Å². The van der Waals surface area contributed by atoms with Crippen molar-refractivity contribution < 1.29 is 0 Å². The highest BCUT2D eigenvalue weighted by Gasteiger charge is 2.15. The molecule has 13 heavy (non-hydrogen) atoms. The second-order valence-electron chi connectivity index (χ2n) is 2.59. The van der Waals surface area contributed by atoms with Crippen LogP contribution < -0.4 is 5.32 Å². The van der Waals surface area contributed by atoms with Crippen molar-refractivity contribution in [2.75, 3.05) is 0 Å². The number of nitriles is 2. The zero-order valence-corrected chi connectivity index (χ0v) is 7.90. The maximum atomic E-state index is 8.78. The highest BCUT2D eigenvalue weighted by atomic mass is 32.1. The molecule has 0 bridgehead atoms. The zero-order valence-electron chi connectivity index (χ0n) is 7.09. The van der Waals surface area contributed by atoms with Crippen molar-refractivity contribution in [3.8, 4) is 12.3 Å². The van der Waals surface area contributed by atoms with Gasteiger partial charge in [0.25, 0.3) is 0 Å². The van der Waals surface area contributed by atoms with Gasteiger partial charge in [-0.1, -0.05) is 18.3 Å². The van der Waals surface area contributed by atoms with Gasteiger partial charge in [0.05, 0.1) is 5.57 Å². The van der Waals surface area contributed by atoms with Crippen molar-refractivity contribution in [3.63, 3.8) is 0 Å². The summed E-state index contributed by atoms with van der Waals surface area (Å²) in [4.78, 5) is 0.642. The molecule has 0 saturated carbocycles. The predicted octanol–water partition coefficient (Wildman–Crippen LogP) is 1.55. The van der Waals surface area contributed by atoms with E-state index in [0.717, 1.165) is 5.57 Å². The average Bonchev–Trinajstić information content (AvgIpc) is 2.11. The second kappa shape index (κ2) is 3.84. The summed E-state index contributed by atoms with van der Waals surface area (Å²) in [6.45, 7) is 1.78. The monoisotopic (exact) mass is 189 g/mol. The smallest absolute Gasteiger partial charge is 0.181 e. The summed E-state index contributed by atoms with van der Waals surface area (Å²) in [5.41, 5.74) is 1.95. The molecule has 0 fully saturated rings. The first-order valence-corrected chi connectivity index (χ1v) is 4.11. The Balaban J connectivity index is 3.09. The van der Waals surface area contributed by atoms with E-state index in [1.807, 2.05) is 18.3 Å². The van der Waals surface area contributed by atoms with E-state index in [-0.39, 0.29) is 0 Å². The van der Waals surface area contributed by atoms with Crippen LogP contribution in [0.2, 0.25) is 0 Å². The van der Waals surface area contributed by atoms with Crippen molar-refractivity contribution in [3.05, 3.63) is 22.9 Å². The molecule has 0 aliphatic heterocycles. The Kier molecular flexibility index (Phi) is 2.79. The van der Waals surface area contributed by atoms with Crippen LogP contribution in [0.1, 0.15) is 13.3 Å². The van der Waals surface area contributed by atoms with Gasteiger partial charge in [0.15, 0.2) is 6.19 Å². The van der Waals surface area contributed by atoms with Crippen LogP contribution in [0.15, 0.2) is 22.9 Å². The van der Waals surface area contributed by atoms with Crippen LogP contribution in [0.25, 0.3) is 0 Å². The third kappa shape index (κ3) is 1.74. The molecule has 1 N–H and O–H groups in total. The minimum absolute atomic E-state index is 0.509. The molecular weight excluding hydrogens is 182 g/mol. The number of rotatable bonds is 1. The maximum Gasteiger partial charge on any atom is 0.181 e. The van der Waals surface area contributed by atoms with Crippen LogP contribution in [0.3, 0.4) is 0 Å². The topological polar surface area (TPSA) is 59.6 Å². The third-order valence-electron chi connectivity index (χ3n) is 1.85. The largest absolute Gasteiger partial charge is 0.293 e. The predicted molar refractivity (Wildman–Crippen MR) is 52.4 cm³/mol. The van der Waals surface area contributed by atoms with Crippen molar-refractivity contribution >= 4 is 17.1 Å². The lowest BCUT2D eigenvalue weighted by atomic mass is 9.97. The van der Waals surface area contributed by atoms with E-state index in [1.165, 1.54) is 0 Å². The minimum atomic E-state index is 0.509. The summed E-state index contributed by atoms with van der Waals surface area (Å²) in [5.74, 6) is 0. The molecule has 0 unspecified atom stereocenters. The Bertz CT molecular complexity index is 390. The number of thiocarbonyl (C=S) groups is 1. The van der Waals surface area contributed by atoms with Gasteiger partial charge in [-0.2, -0.15) is 10.5 Å². The normalized spacial score (nSPS) is 15.9. The van der Waals surface area contributed by atoms with Gasteiger partial charge < -0.3 is 0 Å². The van der Waals surface area contributed by atoms with E-state index in [0.29, 0.717) is 22.6 Å². The summed E-state index contributed by atoms with van der Waals surface area (Å²) < 4.78 is 0. The van der Waals surface area contributed by atoms with Crippen LogP contribution in [0.5, 0.6) is 0 Å². The van der Waals surface area contributed by atoms with Gasteiger partial charge in [0, 0.05) is 17.0 Å². The molecule has 1 aliphatic rings. The first kappa shape index (κ1) is 9.44. The third-order valence-corrected chi connectivity index (χ3v) is 2.22. The van der Waals surface area contributed by atoms with E-state index in [9.17, 15) is 0 Å². The molecule has 1 rings (SSSR count). The van der Waals surface area contributed by atoms with Crippen molar-refractivity contribution in [2.45, 2.75) is 13.3 Å². The molecule has 3 nitrogen and oxygen atoms in total. The lowest BCUT2D eigenvalue weighted by Gasteiger charge is -2.13. The Morgan fingerprint density at radius 3 is 2.77 bits per heavy atom. The SMILES string of the molecule is CC1=C(C#N)C(=S)CC=C1NC#N. The Hall–Kier alpha value is -1.65. The summed E-state index contributed by atoms with van der Waals surface area (Å²) in [6, 6.07) is 2.04. The molecule has 0 atom stereocenters. The number of hydrogen-bond acceptors (Lipinski definition) is 4. The molecule has 0 heterocycles. The van der Waals surface area contributed by atoms with Crippen LogP contribution in [-0.2, 0) is 0 Å². The first-order chi connectivity index (χ1) is 6.20. The summed E-state index contributed by atoms with van der Waals surface area (Å²) >= 11 is 5.00. The molecule has 0 saturated heterocycles. The molecule has 4 heteroatoms. The van der Waals surface area contributed by atoms with E-state index >= 15 is 0 Å². The summed E-state index contributed by atoms with van der Waals surface area (Å²) in [7, 11) is 0. The zero-order chi connectivity index (χ0) is 9.84. The average molecular weight is 189 g/mol. The molecule has 0 aromatic carbocycles. The molecule has 64 valence electrons. The standard InChI is InChI=1S/C9H7N3S/c1-6-7(4-10)9(13)3-2-8(6)12-5-11/h2,12H,3H2,1H3. The van der Waals surface area contributed by atoms with E-state index in [1.54, 1.807) is 6.92 Å². The van der Waals surface area contributed by atoms with Gasteiger partial charge in [-0.15, -0.1) is 0 Å². The van der Waals surface area contributed by atoms with E-state index in [2.05, 4.69) is 5.32 Å². The fraction of sp³-hybridized carbons (Fsp3) is 0.222. The molecule has 0 radical (unpaired) electrons. The van der Waals surface area contributed by atoms with Crippen LogP contribution in [0, 0.1) is 22.8 Å². The fourth-order valence-electron chi connectivity index (χ4n) is 1.14. The van der Waals surface area contributed by atoms with Gasteiger partial charge >= 0.3 is 0 Å². The number of hydrogen-bond donors (Lipinski definition) is 1.